The van der Waals surface area contributed by atoms with Crippen molar-refractivity contribution in [2.75, 3.05) is 10.6 Å². The Morgan fingerprint density at radius 3 is 2.48 bits per heavy atom. The van der Waals surface area contributed by atoms with Gasteiger partial charge in [0.05, 0.1) is 17.5 Å². The Bertz CT molecular complexity index is 989. The van der Waals surface area contributed by atoms with Gasteiger partial charge in [-0.15, -0.1) is 0 Å². The number of hydrogen-bond acceptors (Lipinski definition) is 3. The third-order valence-corrected chi connectivity index (χ3v) is 4.14. The van der Waals surface area contributed by atoms with E-state index in [0.29, 0.717) is 22.7 Å². The summed E-state index contributed by atoms with van der Waals surface area (Å²) in [5.41, 5.74) is 3.78. The van der Waals surface area contributed by atoms with Crippen LogP contribution in [0.5, 0.6) is 0 Å². The Morgan fingerprint density at radius 1 is 0.926 bits per heavy atom. The molecule has 2 N–H and O–H groups in total. The summed E-state index contributed by atoms with van der Waals surface area (Å²) in [7, 11) is 0. The molecule has 27 heavy (non-hydrogen) atoms. The van der Waals surface area contributed by atoms with E-state index in [0.717, 1.165) is 11.1 Å². The second-order valence-electron chi connectivity index (χ2n) is 6.14. The Labute approximate surface area is 157 Å². The van der Waals surface area contributed by atoms with Crippen LogP contribution >= 0.6 is 0 Å². The van der Waals surface area contributed by atoms with E-state index in [1.54, 1.807) is 42.5 Å². The average Bonchev–Trinajstić information content (AvgIpc) is 3.17. The van der Waals surface area contributed by atoms with E-state index in [9.17, 15) is 9.59 Å². The summed E-state index contributed by atoms with van der Waals surface area (Å²) in [6.45, 7) is 4.01. The van der Waals surface area contributed by atoms with Crippen LogP contribution in [-0.2, 0) is 4.79 Å². The maximum Gasteiger partial charge on any atom is 0.257 e. The van der Waals surface area contributed by atoms with Gasteiger partial charge in [-0.2, -0.15) is 0 Å². The van der Waals surface area contributed by atoms with Gasteiger partial charge in [0.1, 0.15) is 5.76 Å². The number of benzene rings is 2. The van der Waals surface area contributed by atoms with Crippen molar-refractivity contribution in [3.63, 3.8) is 0 Å². The molecule has 0 radical (unpaired) electrons. The van der Waals surface area contributed by atoms with E-state index < -0.39 is 0 Å². The minimum atomic E-state index is -0.349. The number of rotatable bonds is 5. The Balaban J connectivity index is 1.73. The fourth-order valence-electron chi connectivity index (χ4n) is 2.53. The summed E-state index contributed by atoms with van der Waals surface area (Å²) < 4.78 is 5.15. The van der Waals surface area contributed by atoms with Gasteiger partial charge < -0.3 is 15.1 Å². The number of furan rings is 1. The Kier molecular flexibility index (Phi) is 5.52. The van der Waals surface area contributed by atoms with Crippen LogP contribution in [0.15, 0.2) is 71.4 Å². The molecular formula is C22H20N2O3. The van der Waals surface area contributed by atoms with Crippen LogP contribution < -0.4 is 10.6 Å². The van der Waals surface area contributed by atoms with Crippen molar-refractivity contribution in [2.24, 2.45) is 0 Å². The van der Waals surface area contributed by atoms with Crippen LogP contribution in [0.25, 0.3) is 6.08 Å². The monoisotopic (exact) mass is 360 g/mol. The van der Waals surface area contributed by atoms with Crippen molar-refractivity contribution in [1.82, 2.24) is 0 Å². The van der Waals surface area contributed by atoms with Crippen molar-refractivity contribution < 1.29 is 14.0 Å². The van der Waals surface area contributed by atoms with Gasteiger partial charge in [0.2, 0.25) is 5.91 Å². The number of carbonyl (C=O) groups is 2. The SMILES string of the molecule is Cc1ccc(NC(=O)c2ccccc2NC(=O)/C=C/c2ccco2)cc1C. The summed E-state index contributed by atoms with van der Waals surface area (Å²) in [5.74, 6) is -0.0621. The van der Waals surface area contributed by atoms with Gasteiger partial charge in [-0.25, -0.2) is 0 Å². The molecule has 1 aromatic heterocycles. The molecule has 5 nitrogen and oxygen atoms in total. The van der Waals surface area contributed by atoms with Crippen LogP contribution in [-0.4, -0.2) is 11.8 Å². The molecule has 2 aromatic carbocycles. The molecule has 0 unspecified atom stereocenters. The fourth-order valence-corrected chi connectivity index (χ4v) is 2.53. The summed E-state index contributed by atoms with van der Waals surface area (Å²) in [6, 6.07) is 16.1. The Morgan fingerprint density at radius 2 is 1.74 bits per heavy atom. The van der Waals surface area contributed by atoms with Crippen LogP contribution in [0, 0.1) is 13.8 Å². The number of hydrogen-bond donors (Lipinski definition) is 2. The number of nitrogens with one attached hydrogen (secondary N) is 2. The Hall–Kier alpha value is -3.60. The molecule has 0 aliphatic carbocycles. The lowest BCUT2D eigenvalue weighted by Crippen LogP contribution is -2.17. The maximum atomic E-state index is 12.7. The summed E-state index contributed by atoms with van der Waals surface area (Å²) in [5, 5.41) is 5.60. The molecule has 3 aromatic rings. The van der Waals surface area contributed by atoms with E-state index in [4.69, 9.17) is 4.42 Å². The highest BCUT2D eigenvalue weighted by Gasteiger charge is 2.13. The molecule has 0 spiro atoms. The van der Waals surface area contributed by atoms with Gasteiger partial charge in [-0.05, 0) is 67.4 Å². The zero-order valence-corrected chi connectivity index (χ0v) is 15.2. The first-order chi connectivity index (χ1) is 13.0. The summed E-state index contributed by atoms with van der Waals surface area (Å²) >= 11 is 0. The van der Waals surface area contributed by atoms with Crippen LogP contribution in [0.2, 0.25) is 0 Å². The zero-order valence-electron chi connectivity index (χ0n) is 15.2. The van der Waals surface area contributed by atoms with Gasteiger partial charge in [0.15, 0.2) is 0 Å². The van der Waals surface area contributed by atoms with E-state index in [1.807, 2.05) is 32.0 Å². The molecule has 0 aliphatic rings. The molecule has 0 bridgehead atoms. The second kappa shape index (κ2) is 8.19. The van der Waals surface area contributed by atoms with Crippen molar-refractivity contribution in [3.8, 4) is 0 Å². The van der Waals surface area contributed by atoms with E-state index in [2.05, 4.69) is 10.6 Å². The molecular weight excluding hydrogens is 340 g/mol. The van der Waals surface area contributed by atoms with Gasteiger partial charge in [-0.1, -0.05) is 18.2 Å². The van der Waals surface area contributed by atoms with Gasteiger partial charge in [-0.3, -0.25) is 9.59 Å². The smallest absolute Gasteiger partial charge is 0.257 e. The summed E-state index contributed by atoms with van der Waals surface area (Å²) in [6.07, 6.45) is 4.45. The van der Waals surface area contributed by atoms with E-state index in [1.165, 1.54) is 12.3 Å². The molecule has 1 heterocycles. The average molecular weight is 360 g/mol. The number of carbonyl (C=O) groups excluding carboxylic acids is 2. The fraction of sp³-hybridized carbons (Fsp3) is 0.0909. The van der Waals surface area contributed by atoms with E-state index >= 15 is 0 Å². The molecule has 0 fully saturated rings. The molecule has 0 saturated carbocycles. The highest BCUT2D eigenvalue weighted by Crippen LogP contribution is 2.19. The third-order valence-electron chi connectivity index (χ3n) is 4.14. The number of para-hydroxylation sites is 1. The van der Waals surface area contributed by atoms with Crippen LogP contribution in [0.3, 0.4) is 0 Å². The molecule has 0 atom stereocenters. The third kappa shape index (κ3) is 4.73. The molecule has 2 amide bonds. The maximum absolute atomic E-state index is 12.7. The largest absolute Gasteiger partial charge is 0.465 e. The first kappa shape index (κ1) is 18.2. The quantitative estimate of drug-likeness (QED) is 0.642. The first-order valence-corrected chi connectivity index (χ1v) is 8.53. The molecule has 3 rings (SSSR count). The first-order valence-electron chi connectivity index (χ1n) is 8.53. The minimum absolute atomic E-state index is 0.288. The number of anilines is 2. The molecule has 5 heteroatoms. The number of amides is 2. The lowest BCUT2D eigenvalue weighted by Gasteiger charge is -2.11. The molecule has 136 valence electrons. The predicted molar refractivity (Wildman–Crippen MR) is 107 cm³/mol. The van der Waals surface area contributed by atoms with Gasteiger partial charge >= 0.3 is 0 Å². The topological polar surface area (TPSA) is 71.3 Å². The number of aryl methyl sites for hydroxylation is 2. The zero-order chi connectivity index (χ0) is 19.2. The molecule has 0 aliphatic heterocycles. The van der Waals surface area contributed by atoms with Crippen LogP contribution in [0.1, 0.15) is 27.2 Å². The van der Waals surface area contributed by atoms with Crippen molar-refractivity contribution in [2.45, 2.75) is 13.8 Å². The lowest BCUT2D eigenvalue weighted by atomic mass is 10.1. The summed E-state index contributed by atoms with van der Waals surface area (Å²) in [4.78, 5) is 24.8. The minimum Gasteiger partial charge on any atom is -0.465 e. The van der Waals surface area contributed by atoms with Crippen LogP contribution in [0.4, 0.5) is 11.4 Å². The predicted octanol–water partition coefficient (Wildman–Crippen LogP) is 4.80. The van der Waals surface area contributed by atoms with Gasteiger partial charge in [0, 0.05) is 11.8 Å². The van der Waals surface area contributed by atoms with E-state index in [-0.39, 0.29) is 11.8 Å². The second-order valence-corrected chi connectivity index (χ2v) is 6.14. The standard InChI is InChI=1S/C22H20N2O3/c1-15-9-10-17(14-16(15)2)23-22(26)19-7-3-4-8-20(19)24-21(25)12-11-18-6-5-13-27-18/h3-14H,1-2H3,(H,23,26)(H,24,25)/b12-11+. The highest BCUT2D eigenvalue weighted by atomic mass is 16.3. The van der Waals surface area contributed by atoms with Gasteiger partial charge in [0.25, 0.3) is 5.91 Å². The lowest BCUT2D eigenvalue weighted by molar-refractivity contribution is -0.111. The van der Waals surface area contributed by atoms with Crippen molar-refractivity contribution in [3.05, 3.63) is 89.4 Å². The normalized spacial score (nSPS) is 10.7. The molecule has 0 saturated heterocycles. The highest BCUT2D eigenvalue weighted by molar-refractivity contribution is 6.11. The van der Waals surface area contributed by atoms with Crippen molar-refractivity contribution >= 4 is 29.3 Å². The van der Waals surface area contributed by atoms with Crippen molar-refractivity contribution in [1.29, 1.82) is 0 Å².